The fourth-order valence-corrected chi connectivity index (χ4v) is 2.87. The minimum atomic E-state index is -1.04. The van der Waals surface area contributed by atoms with E-state index in [2.05, 4.69) is 6.07 Å². The van der Waals surface area contributed by atoms with Gasteiger partial charge in [0.25, 0.3) is 5.91 Å². The summed E-state index contributed by atoms with van der Waals surface area (Å²) in [6.45, 7) is 0. The fraction of sp³-hybridized carbons (Fsp3) is 0.176. The van der Waals surface area contributed by atoms with Crippen LogP contribution in [0.15, 0.2) is 48.5 Å². The van der Waals surface area contributed by atoms with Gasteiger partial charge < -0.3 is 10.0 Å². The summed E-state index contributed by atoms with van der Waals surface area (Å²) in [6.07, 6.45) is -0.734. The molecule has 22 heavy (non-hydrogen) atoms. The number of carbonyl (C=O) groups is 1. The van der Waals surface area contributed by atoms with Gasteiger partial charge >= 0.3 is 0 Å². The first-order valence-corrected chi connectivity index (χ1v) is 7.24. The van der Waals surface area contributed by atoms with Gasteiger partial charge in [-0.1, -0.05) is 23.7 Å². The molecule has 1 saturated heterocycles. The molecule has 0 unspecified atom stereocenters. The lowest BCUT2D eigenvalue weighted by Gasteiger charge is -2.25. The number of nitriles is 1. The molecule has 0 aliphatic carbocycles. The van der Waals surface area contributed by atoms with E-state index in [0.717, 1.165) is 5.56 Å². The summed E-state index contributed by atoms with van der Waals surface area (Å²) >= 11 is 5.89. The molecule has 0 spiro atoms. The minimum Gasteiger partial charge on any atom is -0.383 e. The second kappa shape index (κ2) is 5.80. The molecule has 1 heterocycles. The highest BCUT2D eigenvalue weighted by molar-refractivity contribution is 6.30. The fourth-order valence-electron chi connectivity index (χ4n) is 2.74. The quantitative estimate of drug-likeness (QED) is 0.927. The molecule has 2 aromatic rings. The number of benzene rings is 2. The molecule has 110 valence electrons. The van der Waals surface area contributed by atoms with E-state index in [-0.39, 0.29) is 11.9 Å². The Balaban J connectivity index is 2.03. The molecule has 1 amide bonds. The van der Waals surface area contributed by atoms with E-state index in [1.54, 1.807) is 47.4 Å². The Hall–Kier alpha value is -2.35. The number of hydrogen-bond acceptors (Lipinski definition) is 3. The van der Waals surface area contributed by atoms with E-state index >= 15 is 0 Å². The Bertz CT molecular complexity index is 752. The first kappa shape index (κ1) is 14.6. The number of hydrogen-bond donors (Lipinski definition) is 1. The van der Waals surface area contributed by atoms with Crippen molar-refractivity contribution in [3.05, 3.63) is 64.7 Å². The average molecular weight is 313 g/mol. The molecule has 1 N–H and O–H groups in total. The van der Waals surface area contributed by atoms with Gasteiger partial charge in [-0.25, -0.2) is 0 Å². The van der Waals surface area contributed by atoms with Gasteiger partial charge in [-0.3, -0.25) is 4.79 Å². The number of carbonyl (C=O) groups excluding carboxylic acids is 1. The summed E-state index contributed by atoms with van der Waals surface area (Å²) in [5.74, 6) is -0.338. The monoisotopic (exact) mass is 312 g/mol. The zero-order valence-electron chi connectivity index (χ0n) is 11.6. The summed E-state index contributed by atoms with van der Waals surface area (Å²) in [4.78, 5) is 13.9. The Morgan fingerprint density at radius 2 is 1.95 bits per heavy atom. The molecule has 5 heteroatoms. The molecule has 1 aliphatic rings. The first-order valence-electron chi connectivity index (χ1n) is 6.87. The third-order valence-corrected chi connectivity index (χ3v) is 4.04. The van der Waals surface area contributed by atoms with Crippen molar-refractivity contribution in [2.24, 2.45) is 0 Å². The van der Waals surface area contributed by atoms with Crippen LogP contribution < -0.4 is 4.90 Å². The molecule has 2 atom stereocenters. The van der Waals surface area contributed by atoms with Gasteiger partial charge in [0, 0.05) is 17.1 Å². The highest BCUT2D eigenvalue weighted by Crippen LogP contribution is 2.37. The Labute approximate surface area is 133 Å². The van der Waals surface area contributed by atoms with E-state index < -0.39 is 6.10 Å². The summed E-state index contributed by atoms with van der Waals surface area (Å²) < 4.78 is 0. The third-order valence-electron chi connectivity index (χ3n) is 3.79. The number of halogens is 1. The first-order chi connectivity index (χ1) is 10.6. The lowest BCUT2D eigenvalue weighted by molar-refractivity contribution is -0.124. The maximum Gasteiger partial charge on any atom is 0.256 e. The standard InChI is InChI=1S/C17H13ClN2O2/c18-13-4-6-14(7-5-13)20-15(9-16(21)17(20)22)12-3-1-2-11(8-12)10-19/h1-8,15-16,21H,9H2/t15-,16+/m0/s1. The topological polar surface area (TPSA) is 64.3 Å². The van der Waals surface area contributed by atoms with E-state index in [4.69, 9.17) is 16.9 Å². The summed E-state index contributed by atoms with van der Waals surface area (Å²) in [5, 5.41) is 19.6. The predicted molar refractivity (Wildman–Crippen MR) is 83.5 cm³/mol. The molecule has 0 radical (unpaired) electrons. The van der Waals surface area contributed by atoms with Crippen molar-refractivity contribution >= 4 is 23.2 Å². The lowest BCUT2D eigenvalue weighted by Crippen LogP contribution is -2.30. The van der Waals surface area contributed by atoms with Gasteiger partial charge in [-0.05, 0) is 42.0 Å². The zero-order valence-corrected chi connectivity index (χ0v) is 12.4. The van der Waals surface area contributed by atoms with Crippen LogP contribution in [0.1, 0.15) is 23.6 Å². The summed E-state index contributed by atoms with van der Waals surface area (Å²) in [6, 6.07) is 15.8. The van der Waals surface area contributed by atoms with Crippen LogP contribution in [-0.2, 0) is 4.79 Å². The Morgan fingerprint density at radius 3 is 2.64 bits per heavy atom. The van der Waals surface area contributed by atoms with Crippen molar-refractivity contribution in [2.75, 3.05) is 4.90 Å². The predicted octanol–water partition coefficient (Wildman–Crippen LogP) is 3.05. The van der Waals surface area contributed by atoms with Gasteiger partial charge in [-0.2, -0.15) is 5.26 Å². The van der Waals surface area contributed by atoms with Crippen molar-refractivity contribution < 1.29 is 9.90 Å². The van der Waals surface area contributed by atoms with Gasteiger partial charge in [-0.15, -0.1) is 0 Å². The van der Waals surface area contributed by atoms with Crippen LogP contribution in [0.25, 0.3) is 0 Å². The molecule has 3 rings (SSSR count). The zero-order chi connectivity index (χ0) is 15.7. The van der Waals surface area contributed by atoms with E-state index in [9.17, 15) is 9.90 Å². The molecule has 1 fully saturated rings. The maximum absolute atomic E-state index is 12.3. The van der Waals surface area contributed by atoms with Gasteiger partial charge in [0.15, 0.2) is 0 Å². The lowest BCUT2D eigenvalue weighted by atomic mass is 10.0. The molecule has 0 bridgehead atoms. The molecule has 0 aromatic heterocycles. The second-order valence-corrected chi connectivity index (χ2v) is 5.63. The second-order valence-electron chi connectivity index (χ2n) is 5.19. The van der Waals surface area contributed by atoms with Crippen LogP contribution in [0.3, 0.4) is 0 Å². The van der Waals surface area contributed by atoms with E-state index in [1.807, 2.05) is 6.07 Å². The van der Waals surface area contributed by atoms with Crippen molar-refractivity contribution in [2.45, 2.75) is 18.6 Å². The van der Waals surface area contributed by atoms with E-state index in [1.165, 1.54) is 0 Å². The number of rotatable bonds is 2. The minimum absolute atomic E-state index is 0.294. The number of anilines is 1. The van der Waals surface area contributed by atoms with Gasteiger partial charge in [0.05, 0.1) is 17.7 Å². The van der Waals surface area contributed by atoms with Crippen LogP contribution in [0.5, 0.6) is 0 Å². The highest BCUT2D eigenvalue weighted by atomic mass is 35.5. The highest BCUT2D eigenvalue weighted by Gasteiger charge is 2.40. The van der Waals surface area contributed by atoms with Gasteiger partial charge in [0.1, 0.15) is 6.10 Å². The van der Waals surface area contributed by atoms with Crippen LogP contribution in [0, 0.1) is 11.3 Å². The maximum atomic E-state index is 12.3. The normalized spacial score (nSPS) is 21.0. The largest absolute Gasteiger partial charge is 0.383 e. The summed E-state index contributed by atoms with van der Waals surface area (Å²) in [7, 11) is 0. The van der Waals surface area contributed by atoms with Crippen LogP contribution >= 0.6 is 11.6 Å². The smallest absolute Gasteiger partial charge is 0.256 e. The van der Waals surface area contributed by atoms with Crippen LogP contribution in [0.2, 0.25) is 5.02 Å². The van der Waals surface area contributed by atoms with Gasteiger partial charge in [0.2, 0.25) is 0 Å². The summed E-state index contributed by atoms with van der Waals surface area (Å²) in [5.41, 5.74) is 2.04. The van der Waals surface area contributed by atoms with Crippen LogP contribution in [-0.4, -0.2) is 17.1 Å². The molecular formula is C17H13ClN2O2. The number of nitrogens with zero attached hydrogens (tertiary/aromatic N) is 2. The van der Waals surface area contributed by atoms with E-state index in [0.29, 0.717) is 22.7 Å². The Kier molecular flexibility index (Phi) is 3.84. The van der Waals surface area contributed by atoms with Crippen molar-refractivity contribution in [3.8, 4) is 6.07 Å². The molecule has 4 nitrogen and oxygen atoms in total. The third kappa shape index (κ3) is 2.57. The number of amides is 1. The molecular weight excluding hydrogens is 300 g/mol. The SMILES string of the molecule is N#Cc1cccc([C@@H]2C[C@@H](O)C(=O)N2c2ccc(Cl)cc2)c1. The van der Waals surface area contributed by atoms with Crippen molar-refractivity contribution in [1.29, 1.82) is 5.26 Å². The number of aliphatic hydroxyl groups excluding tert-OH is 1. The number of aliphatic hydroxyl groups is 1. The molecule has 2 aromatic carbocycles. The van der Waals surface area contributed by atoms with Crippen molar-refractivity contribution in [3.63, 3.8) is 0 Å². The Morgan fingerprint density at radius 1 is 1.23 bits per heavy atom. The van der Waals surface area contributed by atoms with Crippen LogP contribution in [0.4, 0.5) is 5.69 Å². The van der Waals surface area contributed by atoms with Crippen molar-refractivity contribution in [1.82, 2.24) is 0 Å². The average Bonchev–Trinajstić information content (AvgIpc) is 2.84. The molecule has 1 aliphatic heterocycles. The molecule has 0 saturated carbocycles.